The predicted octanol–water partition coefficient (Wildman–Crippen LogP) is 4.23. The Kier molecular flexibility index (Phi) is 7.64. The first kappa shape index (κ1) is 24.9. The van der Waals surface area contributed by atoms with Gasteiger partial charge in [0.05, 0.1) is 16.0 Å². The van der Waals surface area contributed by atoms with Crippen LogP contribution in [0, 0.1) is 12.7 Å². The van der Waals surface area contributed by atoms with Crippen LogP contribution < -0.4 is 20.7 Å². The number of hydrogen-bond acceptors (Lipinski definition) is 8. The molecule has 0 radical (unpaired) electrons. The monoisotopic (exact) mass is 512 g/mol. The molecule has 1 amide bonds. The topological polar surface area (TPSA) is 91.4 Å². The van der Waals surface area contributed by atoms with E-state index in [1.807, 2.05) is 6.92 Å². The molecule has 10 heteroatoms. The number of amides is 1. The highest BCUT2D eigenvalue weighted by Gasteiger charge is 2.25. The van der Waals surface area contributed by atoms with Crippen molar-refractivity contribution < 1.29 is 13.9 Å². The Hall–Kier alpha value is -2.82. The van der Waals surface area contributed by atoms with Crippen LogP contribution in [-0.2, 0) is 0 Å². The summed E-state index contributed by atoms with van der Waals surface area (Å²) in [6.07, 6.45) is 5.68. The number of aromatic nitrogens is 2. The molecule has 3 aromatic rings. The molecule has 0 spiro atoms. The minimum atomic E-state index is -0.360. The van der Waals surface area contributed by atoms with Crippen LogP contribution in [0.1, 0.15) is 47.8 Å². The molecule has 2 aliphatic heterocycles. The smallest absolute Gasteiger partial charge is 0.261 e. The molecule has 0 aliphatic carbocycles. The van der Waals surface area contributed by atoms with E-state index in [0.717, 1.165) is 61.2 Å². The average Bonchev–Trinajstić information content (AvgIpc) is 3.49. The van der Waals surface area contributed by atoms with Gasteiger partial charge >= 0.3 is 0 Å². The number of rotatable bonds is 8. The Morgan fingerprint density at radius 1 is 1.31 bits per heavy atom. The summed E-state index contributed by atoms with van der Waals surface area (Å²) in [6, 6.07) is 4.85. The van der Waals surface area contributed by atoms with Crippen molar-refractivity contribution in [3.05, 3.63) is 40.8 Å². The van der Waals surface area contributed by atoms with Crippen LogP contribution in [0.4, 0.5) is 15.9 Å². The molecule has 4 heterocycles. The van der Waals surface area contributed by atoms with Gasteiger partial charge in [0.2, 0.25) is 0 Å². The van der Waals surface area contributed by atoms with Crippen molar-refractivity contribution in [3.63, 3.8) is 0 Å². The molecule has 3 N–H and O–H groups in total. The zero-order valence-electron chi connectivity index (χ0n) is 20.8. The van der Waals surface area contributed by atoms with Crippen molar-refractivity contribution in [2.45, 2.75) is 51.7 Å². The lowest BCUT2D eigenvalue weighted by Gasteiger charge is -2.25. The third-order valence-electron chi connectivity index (χ3n) is 7.08. The molecule has 2 aliphatic rings. The molecule has 2 aromatic heterocycles. The number of fused-ring (bicyclic) bond motifs is 1. The van der Waals surface area contributed by atoms with E-state index in [1.165, 1.54) is 36.2 Å². The van der Waals surface area contributed by atoms with Gasteiger partial charge < -0.3 is 20.7 Å². The van der Waals surface area contributed by atoms with E-state index in [9.17, 15) is 9.18 Å². The lowest BCUT2D eigenvalue weighted by molar-refractivity contribution is 0.0945. The van der Waals surface area contributed by atoms with Gasteiger partial charge in [0.1, 0.15) is 34.6 Å². The lowest BCUT2D eigenvalue weighted by atomic mass is 10.1. The Labute approximate surface area is 214 Å². The average molecular weight is 513 g/mol. The Morgan fingerprint density at radius 2 is 2.19 bits per heavy atom. The SMILES string of the molecule is CCN1CCC[C@@H]1CNC(=O)c1sc2ncnc(Nc3ccc(F)cc3OC3CCCNC3)c2c1C. The van der Waals surface area contributed by atoms with Gasteiger partial charge in [0, 0.05) is 25.2 Å². The summed E-state index contributed by atoms with van der Waals surface area (Å²) in [5, 5.41) is 10.6. The van der Waals surface area contributed by atoms with Crippen LogP contribution in [0.5, 0.6) is 5.75 Å². The fourth-order valence-electron chi connectivity index (χ4n) is 5.14. The molecule has 2 atom stereocenters. The summed E-state index contributed by atoms with van der Waals surface area (Å²) >= 11 is 1.36. The lowest BCUT2D eigenvalue weighted by Crippen LogP contribution is -2.39. The second kappa shape index (κ2) is 11.1. The number of nitrogens with one attached hydrogen (secondary N) is 3. The highest BCUT2D eigenvalue weighted by Crippen LogP contribution is 2.37. The molecule has 2 saturated heterocycles. The summed E-state index contributed by atoms with van der Waals surface area (Å²) < 4.78 is 20.2. The van der Waals surface area contributed by atoms with Gasteiger partial charge in [-0.3, -0.25) is 9.69 Å². The second-order valence-electron chi connectivity index (χ2n) is 9.44. The van der Waals surface area contributed by atoms with E-state index in [0.29, 0.717) is 34.7 Å². The van der Waals surface area contributed by atoms with E-state index in [4.69, 9.17) is 4.74 Å². The summed E-state index contributed by atoms with van der Waals surface area (Å²) in [7, 11) is 0. The number of carbonyl (C=O) groups excluding carboxylic acids is 1. The number of hydrogen-bond donors (Lipinski definition) is 3. The summed E-state index contributed by atoms with van der Waals surface area (Å²) in [5.74, 6) is 0.569. The molecule has 8 nitrogen and oxygen atoms in total. The number of likely N-dealkylation sites (tertiary alicyclic amines) is 1. The number of ether oxygens (including phenoxy) is 1. The van der Waals surface area contributed by atoms with Crippen molar-refractivity contribution in [1.82, 2.24) is 25.5 Å². The molecule has 36 heavy (non-hydrogen) atoms. The molecular formula is C26H33FN6O2S. The second-order valence-corrected chi connectivity index (χ2v) is 10.4. The van der Waals surface area contributed by atoms with E-state index in [-0.39, 0.29) is 17.8 Å². The van der Waals surface area contributed by atoms with Crippen LogP contribution in [0.15, 0.2) is 24.5 Å². The molecule has 2 fully saturated rings. The quantitative estimate of drug-likeness (QED) is 0.416. The van der Waals surface area contributed by atoms with Crippen LogP contribution in [0.2, 0.25) is 0 Å². The molecule has 1 aromatic carbocycles. The number of benzene rings is 1. The number of piperidine rings is 1. The van der Waals surface area contributed by atoms with Crippen molar-refractivity contribution in [1.29, 1.82) is 0 Å². The largest absolute Gasteiger partial charge is 0.487 e. The van der Waals surface area contributed by atoms with Gasteiger partial charge in [-0.15, -0.1) is 11.3 Å². The van der Waals surface area contributed by atoms with Crippen LogP contribution in [0.3, 0.4) is 0 Å². The van der Waals surface area contributed by atoms with Gasteiger partial charge in [-0.2, -0.15) is 0 Å². The van der Waals surface area contributed by atoms with E-state index < -0.39 is 0 Å². The number of nitrogens with zero attached hydrogens (tertiary/aromatic N) is 3. The number of anilines is 2. The Morgan fingerprint density at radius 3 is 3.00 bits per heavy atom. The fraction of sp³-hybridized carbons (Fsp3) is 0.500. The molecule has 0 bridgehead atoms. The highest BCUT2D eigenvalue weighted by molar-refractivity contribution is 7.20. The van der Waals surface area contributed by atoms with Crippen molar-refractivity contribution in [3.8, 4) is 5.75 Å². The third kappa shape index (κ3) is 5.30. The Bertz CT molecular complexity index is 1230. The normalized spacial score (nSPS) is 20.5. The molecule has 192 valence electrons. The molecule has 1 unspecified atom stereocenters. The first-order chi connectivity index (χ1) is 17.5. The van der Waals surface area contributed by atoms with Crippen LogP contribution >= 0.6 is 11.3 Å². The molecular weight excluding hydrogens is 479 g/mol. The van der Waals surface area contributed by atoms with Gasteiger partial charge in [-0.25, -0.2) is 14.4 Å². The first-order valence-corrected chi connectivity index (χ1v) is 13.6. The minimum absolute atomic E-state index is 0.0202. The van der Waals surface area contributed by atoms with Gasteiger partial charge in [0.25, 0.3) is 5.91 Å². The van der Waals surface area contributed by atoms with E-state index >= 15 is 0 Å². The van der Waals surface area contributed by atoms with Crippen molar-refractivity contribution >= 4 is 39.0 Å². The van der Waals surface area contributed by atoms with Crippen LogP contribution in [-0.4, -0.2) is 65.6 Å². The third-order valence-corrected chi connectivity index (χ3v) is 8.28. The summed E-state index contributed by atoms with van der Waals surface area (Å²) in [5.41, 5.74) is 1.45. The first-order valence-electron chi connectivity index (χ1n) is 12.7. The zero-order valence-corrected chi connectivity index (χ0v) is 21.6. The van der Waals surface area contributed by atoms with Gasteiger partial charge in [-0.05, 0) is 69.9 Å². The number of halogens is 1. The van der Waals surface area contributed by atoms with Crippen molar-refractivity contribution in [2.24, 2.45) is 0 Å². The van der Waals surface area contributed by atoms with Crippen molar-refractivity contribution in [2.75, 3.05) is 38.0 Å². The zero-order chi connectivity index (χ0) is 25.1. The maximum atomic E-state index is 14.1. The standard InChI is InChI=1S/C26H33FN6O2S/c1-3-33-11-5-6-18(33)13-29-25(34)23-16(2)22-24(30-15-31-26(22)36-23)32-20-9-8-17(27)12-21(20)35-19-7-4-10-28-14-19/h8-9,12,15,18-19,28H,3-7,10-11,13-14H2,1-2H3,(H,29,34)(H,30,31,32)/t18-,19?/m1/s1. The predicted molar refractivity (Wildman–Crippen MR) is 141 cm³/mol. The van der Waals surface area contributed by atoms with Gasteiger partial charge in [-0.1, -0.05) is 6.92 Å². The van der Waals surface area contributed by atoms with E-state index in [2.05, 4.69) is 37.7 Å². The maximum absolute atomic E-state index is 14.1. The fourth-order valence-corrected chi connectivity index (χ4v) is 6.21. The van der Waals surface area contributed by atoms with Gasteiger partial charge in [0.15, 0.2) is 0 Å². The number of aryl methyl sites for hydroxylation is 1. The number of thiophene rings is 1. The Balaban J connectivity index is 1.37. The molecule has 5 rings (SSSR count). The van der Waals surface area contributed by atoms with Crippen LogP contribution in [0.25, 0.3) is 10.2 Å². The molecule has 0 saturated carbocycles. The highest BCUT2D eigenvalue weighted by atomic mass is 32.1. The number of likely N-dealkylation sites (N-methyl/N-ethyl adjacent to an activating group) is 1. The minimum Gasteiger partial charge on any atom is -0.487 e. The summed E-state index contributed by atoms with van der Waals surface area (Å²) in [4.78, 5) is 25.8. The number of carbonyl (C=O) groups is 1. The van der Waals surface area contributed by atoms with E-state index in [1.54, 1.807) is 6.07 Å². The summed E-state index contributed by atoms with van der Waals surface area (Å²) in [6.45, 7) is 8.52. The maximum Gasteiger partial charge on any atom is 0.261 e.